The van der Waals surface area contributed by atoms with Gasteiger partial charge in [0.1, 0.15) is 12.2 Å². The first kappa shape index (κ1) is 8.49. The SMILES string of the molecule is N/C(Cc1cc2cncnn2c1)=N\O. The minimum absolute atomic E-state index is 0.175. The van der Waals surface area contributed by atoms with Crippen molar-refractivity contribution in [1.82, 2.24) is 14.6 Å². The van der Waals surface area contributed by atoms with Gasteiger partial charge in [-0.15, -0.1) is 0 Å². The van der Waals surface area contributed by atoms with Gasteiger partial charge in [-0.25, -0.2) is 9.50 Å². The van der Waals surface area contributed by atoms with Gasteiger partial charge < -0.3 is 10.9 Å². The molecule has 0 unspecified atom stereocenters. The number of nitrogens with zero attached hydrogens (tertiary/aromatic N) is 4. The summed E-state index contributed by atoms with van der Waals surface area (Å²) in [5.41, 5.74) is 7.20. The second-order valence-corrected chi connectivity index (χ2v) is 2.90. The van der Waals surface area contributed by atoms with Gasteiger partial charge in [-0.05, 0) is 11.6 Å². The Bertz CT molecular complexity index is 442. The molecule has 0 spiro atoms. The summed E-state index contributed by atoms with van der Waals surface area (Å²) in [5.74, 6) is 0.175. The van der Waals surface area contributed by atoms with E-state index >= 15 is 0 Å². The fraction of sp³-hybridized carbons (Fsp3) is 0.125. The van der Waals surface area contributed by atoms with Crippen molar-refractivity contribution in [3.8, 4) is 0 Å². The summed E-state index contributed by atoms with van der Waals surface area (Å²) in [5, 5.41) is 15.3. The lowest BCUT2D eigenvalue weighted by molar-refractivity contribution is 0.317. The summed E-state index contributed by atoms with van der Waals surface area (Å²) in [6.45, 7) is 0. The molecule has 0 atom stereocenters. The first-order valence-electron chi connectivity index (χ1n) is 4.03. The maximum atomic E-state index is 8.40. The number of nitrogens with two attached hydrogens (primary N) is 1. The van der Waals surface area contributed by atoms with Gasteiger partial charge in [0.2, 0.25) is 0 Å². The van der Waals surface area contributed by atoms with E-state index in [9.17, 15) is 0 Å². The molecule has 0 bridgehead atoms. The van der Waals surface area contributed by atoms with Crippen molar-refractivity contribution in [2.75, 3.05) is 0 Å². The first-order valence-corrected chi connectivity index (χ1v) is 4.03. The molecule has 2 rings (SSSR count). The third-order valence-electron chi connectivity index (χ3n) is 1.85. The van der Waals surface area contributed by atoms with E-state index in [-0.39, 0.29) is 5.84 Å². The molecule has 72 valence electrons. The highest BCUT2D eigenvalue weighted by Crippen LogP contribution is 2.07. The van der Waals surface area contributed by atoms with Gasteiger partial charge in [-0.2, -0.15) is 5.10 Å². The van der Waals surface area contributed by atoms with E-state index in [2.05, 4.69) is 15.2 Å². The minimum Gasteiger partial charge on any atom is -0.409 e. The Kier molecular flexibility index (Phi) is 2.02. The van der Waals surface area contributed by atoms with Crippen molar-refractivity contribution < 1.29 is 5.21 Å². The molecule has 0 amide bonds. The Morgan fingerprint density at radius 3 is 3.21 bits per heavy atom. The highest BCUT2D eigenvalue weighted by molar-refractivity contribution is 5.82. The molecule has 14 heavy (non-hydrogen) atoms. The summed E-state index contributed by atoms with van der Waals surface area (Å²) in [4.78, 5) is 3.88. The summed E-state index contributed by atoms with van der Waals surface area (Å²) in [6.07, 6.45) is 5.37. The van der Waals surface area contributed by atoms with E-state index in [0.717, 1.165) is 11.1 Å². The molecular formula is C8H9N5O. The van der Waals surface area contributed by atoms with Crippen LogP contribution in [0.15, 0.2) is 29.9 Å². The highest BCUT2D eigenvalue weighted by atomic mass is 16.4. The monoisotopic (exact) mass is 191 g/mol. The van der Waals surface area contributed by atoms with E-state index in [0.29, 0.717) is 6.42 Å². The Hall–Kier alpha value is -2.11. The third kappa shape index (κ3) is 1.49. The standard InChI is InChI=1S/C8H9N5O/c9-8(12-14)2-6-1-7-3-10-5-11-13(7)4-6/h1,3-5,14H,2H2,(H2,9,12). The third-order valence-corrected chi connectivity index (χ3v) is 1.85. The quantitative estimate of drug-likeness (QED) is 0.303. The normalized spacial score (nSPS) is 12.1. The molecule has 0 saturated carbocycles. The van der Waals surface area contributed by atoms with Gasteiger partial charge >= 0.3 is 0 Å². The molecule has 0 aliphatic heterocycles. The number of amidine groups is 1. The van der Waals surface area contributed by atoms with E-state index in [1.165, 1.54) is 6.33 Å². The van der Waals surface area contributed by atoms with Gasteiger partial charge in [0.05, 0.1) is 11.7 Å². The lowest BCUT2D eigenvalue weighted by Crippen LogP contribution is -2.14. The zero-order valence-corrected chi connectivity index (χ0v) is 7.33. The summed E-state index contributed by atoms with van der Waals surface area (Å²) < 4.78 is 1.69. The zero-order chi connectivity index (χ0) is 9.97. The van der Waals surface area contributed by atoms with Gasteiger partial charge in [-0.1, -0.05) is 5.16 Å². The molecule has 2 aromatic heterocycles. The number of oxime groups is 1. The molecule has 6 nitrogen and oxygen atoms in total. The van der Waals surface area contributed by atoms with Gasteiger partial charge in [-0.3, -0.25) is 0 Å². The summed E-state index contributed by atoms with van der Waals surface area (Å²) >= 11 is 0. The molecule has 6 heteroatoms. The summed E-state index contributed by atoms with van der Waals surface area (Å²) in [7, 11) is 0. The van der Waals surface area contributed by atoms with Crippen LogP contribution < -0.4 is 5.73 Å². The minimum atomic E-state index is 0.175. The predicted molar refractivity (Wildman–Crippen MR) is 50.1 cm³/mol. The predicted octanol–water partition coefficient (Wildman–Crippen LogP) is 0.0182. The van der Waals surface area contributed by atoms with Crippen molar-refractivity contribution in [2.24, 2.45) is 10.9 Å². The topological polar surface area (TPSA) is 88.8 Å². The summed E-state index contributed by atoms with van der Waals surface area (Å²) in [6, 6.07) is 1.89. The first-order chi connectivity index (χ1) is 6.79. The fourth-order valence-corrected chi connectivity index (χ4v) is 1.26. The van der Waals surface area contributed by atoms with Crippen LogP contribution in [0.3, 0.4) is 0 Å². The lowest BCUT2D eigenvalue weighted by Gasteiger charge is -1.92. The Balaban J connectivity index is 2.36. The molecule has 0 saturated heterocycles. The van der Waals surface area contributed by atoms with E-state index < -0.39 is 0 Å². The smallest absolute Gasteiger partial charge is 0.143 e. The molecular weight excluding hydrogens is 182 g/mol. The van der Waals surface area contributed by atoms with Crippen molar-refractivity contribution in [3.63, 3.8) is 0 Å². The van der Waals surface area contributed by atoms with Gasteiger partial charge in [0, 0.05) is 12.6 Å². The van der Waals surface area contributed by atoms with E-state index in [1.54, 1.807) is 10.7 Å². The van der Waals surface area contributed by atoms with E-state index in [4.69, 9.17) is 10.9 Å². The molecule has 2 heterocycles. The Labute approximate surface area is 79.7 Å². The molecule has 3 N–H and O–H groups in total. The Morgan fingerprint density at radius 1 is 1.64 bits per heavy atom. The number of hydrogen-bond donors (Lipinski definition) is 2. The lowest BCUT2D eigenvalue weighted by atomic mass is 10.2. The van der Waals surface area contributed by atoms with Crippen LogP contribution in [-0.2, 0) is 6.42 Å². The van der Waals surface area contributed by atoms with Crippen molar-refractivity contribution in [3.05, 3.63) is 30.4 Å². The maximum absolute atomic E-state index is 8.40. The average Bonchev–Trinajstić information content (AvgIpc) is 2.59. The molecule has 0 fully saturated rings. The van der Waals surface area contributed by atoms with Crippen LogP contribution >= 0.6 is 0 Å². The van der Waals surface area contributed by atoms with E-state index in [1.807, 2.05) is 12.3 Å². The molecule has 0 aromatic carbocycles. The molecule has 0 radical (unpaired) electrons. The number of aromatic nitrogens is 3. The van der Waals surface area contributed by atoms with Crippen LogP contribution in [0.25, 0.3) is 5.52 Å². The number of rotatable bonds is 2. The average molecular weight is 191 g/mol. The second kappa shape index (κ2) is 3.33. The largest absolute Gasteiger partial charge is 0.409 e. The van der Waals surface area contributed by atoms with Crippen molar-refractivity contribution in [1.29, 1.82) is 0 Å². The number of hydrogen-bond acceptors (Lipinski definition) is 4. The van der Waals surface area contributed by atoms with Crippen LogP contribution in [0.4, 0.5) is 0 Å². The number of fused-ring (bicyclic) bond motifs is 1. The van der Waals surface area contributed by atoms with Gasteiger partial charge in [0.25, 0.3) is 0 Å². The van der Waals surface area contributed by atoms with Crippen molar-refractivity contribution >= 4 is 11.4 Å². The molecule has 0 aliphatic carbocycles. The molecule has 2 aromatic rings. The van der Waals surface area contributed by atoms with Crippen LogP contribution in [0.2, 0.25) is 0 Å². The Morgan fingerprint density at radius 2 is 2.50 bits per heavy atom. The van der Waals surface area contributed by atoms with Crippen LogP contribution in [0.1, 0.15) is 5.56 Å². The fourth-order valence-electron chi connectivity index (χ4n) is 1.26. The van der Waals surface area contributed by atoms with Gasteiger partial charge in [0.15, 0.2) is 0 Å². The second-order valence-electron chi connectivity index (χ2n) is 2.90. The van der Waals surface area contributed by atoms with Crippen LogP contribution in [-0.4, -0.2) is 25.6 Å². The van der Waals surface area contributed by atoms with Crippen LogP contribution in [0, 0.1) is 0 Å². The van der Waals surface area contributed by atoms with Crippen LogP contribution in [0.5, 0.6) is 0 Å². The van der Waals surface area contributed by atoms with Crippen molar-refractivity contribution in [2.45, 2.75) is 6.42 Å². The maximum Gasteiger partial charge on any atom is 0.143 e. The highest BCUT2D eigenvalue weighted by Gasteiger charge is 2.02. The molecule has 0 aliphatic rings. The zero-order valence-electron chi connectivity index (χ0n) is 7.33.